The molecule has 0 saturated heterocycles. The fraction of sp³-hybridized carbons (Fsp3) is 0.120. The van der Waals surface area contributed by atoms with E-state index in [0.29, 0.717) is 4.47 Å². The summed E-state index contributed by atoms with van der Waals surface area (Å²) in [6, 6.07) is 12.4. The zero-order valence-electron chi connectivity index (χ0n) is 19.9. The number of nitrogens with one attached hydrogen (secondary N) is 1. The smallest absolute Gasteiger partial charge is 0.465 e. The third-order valence-electron chi connectivity index (χ3n) is 6.18. The van der Waals surface area contributed by atoms with Gasteiger partial charge in [0.1, 0.15) is 0 Å². The predicted octanol–water partition coefficient (Wildman–Crippen LogP) is 6.71. The fourth-order valence-corrected chi connectivity index (χ4v) is 5.11. The van der Waals surface area contributed by atoms with Gasteiger partial charge in [0.2, 0.25) is 11.7 Å². The number of esters is 1. The van der Waals surface area contributed by atoms with Gasteiger partial charge in [0.05, 0.1) is 26.6 Å². The summed E-state index contributed by atoms with van der Waals surface area (Å²) in [5.41, 5.74) is -2.45. The number of halogens is 6. The second-order valence-corrected chi connectivity index (χ2v) is 10.3. The number of aromatic amines is 1. The van der Waals surface area contributed by atoms with E-state index in [2.05, 4.69) is 25.9 Å². The number of anilines is 2. The van der Waals surface area contributed by atoms with Gasteiger partial charge in [-0.25, -0.2) is 14.6 Å². The van der Waals surface area contributed by atoms with Crippen molar-refractivity contribution < 1.29 is 37.4 Å². The van der Waals surface area contributed by atoms with Crippen LogP contribution in [-0.4, -0.2) is 46.3 Å². The van der Waals surface area contributed by atoms with Gasteiger partial charge in [0, 0.05) is 28.3 Å². The van der Waals surface area contributed by atoms with Gasteiger partial charge in [-0.3, -0.25) is 14.6 Å². The monoisotopic (exact) mass is 656 g/mol. The molecule has 0 saturated carbocycles. The first kappa shape index (κ1) is 27.7. The summed E-state index contributed by atoms with van der Waals surface area (Å²) < 4.78 is 46.9. The number of H-pyrrole nitrogens is 1. The quantitative estimate of drug-likeness (QED) is 0.236. The molecule has 5 rings (SSSR count). The maximum atomic E-state index is 13.9. The second-order valence-electron chi connectivity index (χ2n) is 8.60. The number of benzene rings is 3. The number of alkyl halides is 3. The number of carbonyl (C=O) groups excluding carboxylic acids is 2. The number of hydrogen-bond donors (Lipinski definition) is 2. The highest BCUT2D eigenvalue weighted by molar-refractivity contribution is 9.10. The van der Waals surface area contributed by atoms with Crippen molar-refractivity contribution in [2.45, 2.75) is 11.9 Å². The number of carboxylic acid groups (broad SMARTS) is 1. The summed E-state index contributed by atoms with van der Waals surface area (Å²) >= 11 is 15.7. The van der Waals surface area contributed by atoms with E-state index in [9.17, 15) is 32.7 Å². The molecular formula is C25H14BrCl2F3N4O5. The molecular weight excluding hydrogens is 644 g/mol. The number of amides is 2. The maximum Gasteiger partial charge on any atom is 0.491 e. The van der Waals surface area contributed by atoms with Gasteiger partial charge in [-0.1, -0.05) is 51.3 Å². The van der Waals surface area contributed by atoms with Crippen molar-refractivity contribution in [1.82, 2.24) is 9.97 Å². The Labute approximate surface area is 241 Å². The molecule has 3 aromatic carbocycles. The van der Waals surface area contributed by atoms with Crippen molar-refractivity contribution in [3.63, 3.8) is 0 Å². The van der Waals surface area contributed by atoms with E-state index in [1.54, 1.807) is 6.07 Å². The molecule has 15 heteroatoms. The van der Waals surface area contributed by atoms with Gasteiger partial charge in [0.15, 0.2) is 0 Å². The molecule has 1 aliphatic heterocycles. The third kappa shape index (κ3) is 4.43. The minimum Gasteiger partial charge on any atom is -0.465 e. The summed E-state index contributed by atoms with van der Waals surface area (Å²) in [5.74, 6) is -3.48. The molecule has 2 amide bonds. The maximum absolute atomic E-state index is 13.9. The molecule has 4 aromatic rings. The van der Waals surface area contributed by atoms with Crippen LogP contribution in [0.2, 0.25) is 10.0 Å². The summed E-state index contributed by atoms with van der Waals surface area (Å²) in [5, 5.41) is 9.15. The molecule has 0 aliphatic carbocycles. The SMILES string of the molecule is CN(C(=O)O)c1nc2ccc(C3(OC(=O)C(F)(F)F)c4cc(Cl)c(Cl)cc4C(=O)N3c3cccc(Br)c3)cc2[nH]1. The van der Waals surface area contributed by atoms with E-state index in [0.717, 1.165) is 9.80 Å². The summed E-state index contributed by atoms with van der Waals surface area (Å²) in [4.78, 5) is 46.4. The Kier molecular flexibility index (Phi) is 6.71. The molecule has 0 radical (unpaired) electrons. The van der Waals surface area contributed by atoms with Crippen LogP contribution in [0.4, 0.5) is 29.6 Å². The van der Waals surface area contributed by atoms with Crippen LogP contribution in [0.5, 0.6) is 0 Å². The number of fused-ring (bicyclic) bond motifs is 2. The van der Waals surface area contributed by atoms with Crippen molar-refractivity contribution in [3.05, 3.63) is 85.8 Å². The molecule has 1 atom stereocenters. The Balaban J connectivity index is 1.85. The van der Waals surface area contributed by atoms with Gasteiger partial charge in [-0.05, 0) is 42.5 Å². The van der Waals surface area contributed by atoms with Gasteiger partial charge in [-0.15, -0.1) is 0 Å². The molecule has 1 aromatic heterocycles. The molecule has 0 fully saturated rings. The number of aromatic nitrogens is 2. The fourth-order valence-electron chi connectivity index (χ4n) is 4.39. The van der Waals surface area contributed by atoms with E-state index in [1.165, 1.54) is 55.6 Å². The van der Waals surface area contributed by atoms with Crippen LogP contribution < -0.4 is 9.80 Å². The minimum atomic E-state index is -5.44. The van der Waals surface area contributed by atoms with Gasteiger partial charge in [0.25, 0.3) is 5.91 Å². The molecule has 2 heterocycles. The molecule has 9 nitrogen and oxygen atoms in total. The van der Waals surface area contributed by atoms with E-state index >= 15 is 0 Å². The highest BCUT2D eigenvalue weighted by Crippen LogP contribution is 2.51. The lowest BCUT2D eigenvalue weighted by Gasteiger charge is -2.39. The van der Waals surface area contributed by atoms with Crippen molar-refractivity contribution in [2.75, 3.05) is 16.8 Å². The Morgan fingerprint density at radius 2 is 1.82 bits per heavy atom. The van der Waals surface area contributed by atoms with Crippen LogP contribution in [-0.2, 0) is 15.3 Å². The van der Waals surface area contributed by atoms with E-state index < -0.39 is 29.9 Å². The lowest BCUT2D eigenvalue weighted by molar-refractivity contribution is -0.211. The first-order valence-electron chi connectivity index (χ1n) is 11.1. The molecule has 40 heavy (non-hydrogen) atoms. The molecule has 2 N–H and O–H groups in total. The summed E-state index contributed by atoms with van der Waals surface area (Å²) in [6.07, 6.45) is -6.76. The van der Waals surface area contributed by atoms with Crippen LogP contribution in [0, 0.1) is 0 Å². The lowest BCUT2D eigenvalue weighted by Crippen LogP contribution is -2.50. The second kappa shape index (κ2) is 9.68. The molecule has 206 valence electrons. The standard InChI is InChI=1S/C25H14BrCl2F3N4O5/c1-34(23(38)39)22-32-18-6-5-11(7-19(18)33-22)24(40-21(37)25(29,30)31)15-10-17(28)16(27)9-14(15)20(36)35(24)13-4-2-3-12(26)8-13/h2-10H,1H3,(H,32,33)(H,38,39). The van der Waals surface area contributed by atoms with Crippen LogP contribution in [0.15, 0.2) is 59.1 Å². The van der Waals surface area contributed by atoms with Crippen molar-refractivity contribution in [3.8, 4) is 0 Å². The highest BCUT2D eigenvalue weighted by atomic mass is 79.9. The average Bonchev–Trinajstić information content (AvgIpc) is 3.40. The van der Waals surface area contributed by atoms with Gasteiger partial charge >= 0.3 is 18.2 Å². The number of imidazole rings is 1. The Morgan fingerprint density at radius 1 is 1.12 bits per heavy atom. The van der Waals surface area contributed by atoms with E-state index in [1.807, 2.05) is 0 Å². The van der Waals surface area contributed by atoms with Crippen molar-refractivity contribution in [1.29, 1.82) is 0 Å². The number of carbonyl (C=O) groups is 3. The lowest BCUT2D eigenvalue weighted by atomic mass is 9.92. The zero-order chi connectivity index (χ0) is 29.1. The topological polar surface area (TPSA) is 116 Å². The molecule has 1 aliphatic rings. The predicted molar refractivity (Wildman–Crippen MR) is 143 cm³/mol. The summed E-state index contributed by atoms with van der Waals surface area (Å²) in [6.45, 7) is 0. The Morgan fingerprint density at radius 3 is 2.48 bits per heavy atom. The number of ether oxygens (including phenoxy) is 1. The zero-order valence-corrected chi connectivity index (χ0v) is 23.0. The highest BCUT2D eigenvalue weighted by Gasteiger charge is 2.58. The van der Waals surface area contributed by atoms with Gasteiger partial charge < -0.3 is 14.8 Å². The van der Waals surface area contributed by atoms with Crippen LogP contribution in [0.25, 0.3) is 11.0 Å². The van der Waals surface area contributed by atoms with Gasteiger partial charge in [-0.2, -0.15) is 13.2 Å². The normalized spacial score (nSPS) is 16.8. The Hall–Kier alpha value is -3.81. The number of hydrogen-bond acceptors (Lipinski definition) is 5. The van der Waals surface area contributed by atoms with Crippen molar-refractivity contribution in [2.24, 2.45) is 0 Å². The van der Waals surface area contributed by atoms with Crippen LogP contribution in [0.3, 0.4) is 0 Å². The Bertz CT molecular complexity index is 1730. The molecule has 0 spiro atoms. The van der Waals surface area contributed by atoms with Crippen LogP contribution >= 0.6 is 39.1 Å². The summed E-state index contributed by atoms with van der Waals surface area (Å²) in [7, 11) is 1.24. The number of nitrogens with zero attached hydrogens (tertiary/aromatic N) is 3. The number of rotatable bonds is 4. The molecule has 0 bridgehead atoms. The largest absolute Gasteiger partial charge is 0.491 e. The molecule has 1 unspecified atom stereocenters. The first-order valence-corrected chi connectivity index (χ1v) is 12.7. The average molecular weight is 658 g/mol. The first-order chi connectivity index (χ1) is 18.7. The third-order valence-corrected chi connectivity index (χ3v) is 7.39. The van der Waals surface area contributed by atoms with Crippen LogP contribution in [0.1, 0.15) is 21.5 Å². The minimum absolute atomic E-state index is 0.0497. The van der Waals surface area contributed by atoms with Crippen molar-refractivity contribution >= 4 is 79.8 Å². The van der Waals surface area contributed by atoms with E-state index in [-0.39, 0.29) is 49.4 Å². The van der Waals surface area contributed by atoms with E-state index in [4.69, 9.17) is 27.9 Å².